The molecule has 0 atom stereocenters. The molecule has 0 radical (unpaired) electrons. The maximum absolute atomic E-state index is 11.8. The van der Waals surface area contributed by atoms with Gasteiger partial charge in [-0.15, -0.1) is 0 Å². The van der Waals surface area contributed by atoms with Crippen LogP contribution in [-0.2, 0) is 0 Å². The quantitative estimate of drug-likeness (QED) is 0.631. The number of pyridine rings is 1. The second-order valence-electron chi connectivity index (χ2n) is 4.26. The largest absolute Gasteiger partial charge is 0.496 e. The average molecular weight is 273 g/mol. The summed E-state index contributed by atoms with van der Waals surface area (Å²) in [6.45, 7) is 3.44. The topological polar surface area (TPSA) is 31.2 Å². The van der Waals surface area contributed by atoms with E-state index in [1.165, 1.54) is 6.92 Å². The molecule has 0 fully saturated rings. The van der Waals surface area contributed by atoms with Gasteiger partial charge < -0.3 is 9.30 Å². The van der Waals surface area contributed by atoms with Crippen LogP contribution >= 0.6 is 12.2 Å². The lowest BCUT2D eigenvalue weighted by Gasteiger charge is -2.16. The van der Waals surface area contributed by atoms with E-state index in [4.69, 9.17) is 17.0 Å². The van der Waals surface area contributed by atoms with E-state index in [2.05, 4.69) is 0 Å². The van der Waals surface area contributed by atoms with Crippen LogP contribution in [0.1, 0.15) is 23.0 Å². The Bertz CT molecular complexity index is 675. The summed E-state index contributed by atoms with van der Waals surface area (Å²) in [4.78, 5) is 11.8. The number of nitrogens with zero attached hydrogens (tertiary/aromatic N) is 1. The summed E-state index contributed by atoms with van der Waals surface area (Å²) >= 11 is 5.45. The molecule has 2 rings (SSSR count). The number of ether oxygens (including phenoxy) is 1. The second-order valence-corrected chi connectivity index (χ2v) is 4.65. The molecular formula is C15H15NO2S. The van der Waals surface area contributed by atoms with Crippen LogP contribution in [0.4, 0.5) is 0 Å². The molecule has 1 heterocycles. The first-order chi connectivity index (χ1) is 9.06. The minimum atomic E-state index is -0.0912. The molecule has 0 saturated carbocycles. The molecule has 3 nitrogen and oxygen atoms in total. The second kappa shape index (κ2) is 5.36. The number of rotatable bonds is 3. The zero-order valence-corrected chi connectivity index (χ0v) is 12.0. The van der Waals surface area contributed by atoms with Gasteiger partial charge in [0.25, 0.3) is 0 Å². The van der Waals surface area contributed by atoms with Gasteiger partial charge in [0.2, 0.25) is 0 Å². The van der Waals surface area contributed by atoms with Crippen molar-refractivity contribution in [3.8, 4) is 11.4 Å². The van der Waals surface area contributed by atoms with Crippen LogP contribution in [0.25, 0.3) is 5.69 Å². The molecule has 0 unspecified atom stereocenters. The fraction of sp³-hybridized carbons (Fsp3) is 0.200. The molecule has 4 heteroatoms. The Labute approximate surface area is 117 Å². The molecule has 0 amide bonds. The lowest BCUT2D eigenvalue weighted by molar-refractivity contribution is 0.101. The van der Waals surface area contributed by atoms with E-state index in [1.54, 1.807) is 7.11 Å². The van der Waals surface area contributed by atoms with Crippen LogP contribution in [0.5, 0.6) is 5.75 Å². The Morgan fingerprint density at radius 2 is 1.89 bits per heavy atom. The third kappa shape index (κ3) is 2.44. The summed E-state index contributed by atoms with van der Waals surface area (Å²) in [7, 11) is 1.54. The van der Waals surface area contributed by atoms with Crippen molar-refractivity contribution in [2.75, 3.05) is 7.11 Å². The van der Waals surface area contributed by atoms with E-state index >= 15 is 0 Å². The molecule has 1 aromatic heterocycles. The lowest BCUT2D eigenvalue weighted by atomic mass is 10.1. The summed E-state index contributed by atoms with van der Waals surface area (Å²) in [6.07, 6.45) is 0. The van der Waals surface area contributed by atoms with Gasteiger partial charge in [-0.2, -0.15) is 0 Å². The third-order valence-electron chi connectivity index (χ3n) is 2.94. The Morgan fingerprint density at radius 1 is 1.26 bits per heavy atom. The summed E-state index contributed by atoms with van der Waals surface area (Å²) in [6, 6.07) is 11.6. The predicted molar refractivity (Wildman–Crippen MR) is 77.9 cm³/mol. The maximum Gasteiger partial charge on any atom is 0.166 e. The SMILES string of the molecule is COc1cc(C)n(-c2ccccc2)c(=S)c1C(C)=O. The smallest absolute Gasteiger partial charge is 0.166 e. The summed E-state index contributed by atoms with van der Waals surface area (Å²) in [5.74, 6) is 0.439. The van der Waals surface area contributed by atoms with Crippen LogP contribution < -0.4 is 4.74 Å². The van der Waals surface area contributed by atoms with Gasteiger partial charge in [0.05, 0.1) is 12.7 Å². The van der Waals surface area contributed by atoms with Gasteiger partial charge in [0, 0.05) is 17.4 Å². The number of hydrogen-bond acceptors (Lipinski definition) is 3. The van der Waals surface area contributed by atoms with E-state index in [-0.39, 0.29) is 5.78 Å². The first kappa shape index (κ1) is 13.5. The Balaban J connectivity index is 2.81. The zero-order chi connectivity index (χ0) is 14.0. The number of aromatic nitrogens is 1. The van der Waals surface area contributed by atoms with E-state index in [0.717, 1.165) is 11.4 Å². The first-order valence-electron chi connectivity index (χ1n) is 5.93. The lowest BCUT2D eigenvalue weighted by Crippen LogP contribution is -2.09. The molecule has 0 saturated heterocycles. The Hall–Kier alpha value is -1.94. The summed E-state index contributed by atoms with van der Waals surface area (Å²) in [5.41, 5.74) is 2.32. The molecule has 1 aromatic carbocycles. The van der Waals surface area contributed by atoms with Crippen molar-refractivity contribution < 1.29 is 9.53 Å². The number of carbonyl (C=O) groups is 1. The van der Waals surface area contributed by atoms with Crippen molar-refractivity contribution in [1.82, 2.24) is 4.57 Å². The van der Waals surface area contributed by atoms with Crippen LogP contribution in [0, 0.1) is 11.6 Å². The van der Waals surface area contributed by atoms with Crippen LogP contribution in [0.3, 0.4) is 0 Å². The maximum atomic E-state index is 11.8. The van der Waals surface area contributed by atoms with Gasteiger partial charge >= 0.3 is 0 Å². The molecule has 0 bridgehead atoms. The van der Waals surface area contributed by atoms with Crippen molar-refractivity contribution in [3.05, 3.63) is 52.3 Å². The van der Waals surface area contributed by atoms with Gasteiger partial charge in [0.1, 0.15) is 10.4 Å². The molecule has 2 aromatic rings. The molecule has 0 spiro atoms. The van der Waals surface area contributed by atoms with Gasteiger partial charge in [-0.05, 0) is 26.0 Å². The minimum absolute atomic E-state index is 0.0912. The van der Waals surface area contributed by atoms with Crippen molar-refractivity contribution in [2.45, 2.75) is 13.8 Å². The summed E-state index contributed by atoms with van der Waals surface area (Å²) < 4.78 is 7.62. The number of para-hydroxylation sites is 1. The van der Waals surface area contributed by atoms with Gasteiger partial charge in [-0.1, -0.05) is 30.4 Å². The first-order valence-corrected chi connectivity index (χ1v) is 6.34. The highest BCUT2D eigenvalue weighted by Crippen LogP contribution is 2.25. The van der Waals surface area contributed by atoms with Gasteiger partial charge in [0.15, 0.2) is 5.78 Å². The number of ketones is 1. The van der Waals surface area contributed by atoms with Crippen molar-refractivity contribution in [1.29, 1.82) is 0 Å². The molecule has 98 valence electrons. The van der Waals surface area contributed by atoms with Crippen LogP contribution in [0.2, 0.25) is 0 Å². The number of hydrogen-bond donors (Lipinski definition) is 0. The van der Waals surface area contributed by atoms with E-state index < -0.39 is 0 Å². The van der Waals surface area contributed by atoms with Crippen molar-refractivity contribution in [3.63, 3.8) is 0 Å². The standard InChI is InChI=1S/C15H15NO2S/c1-10-9-13(18-3)14(11(2)17)15(19)16(10)12-7-5-4-6-8-12/h4-9H,1-3H3. The van der Waals surface area contributed by atoms with E-state index in [1.807, 2.05) is 47.9 Å². The fourth-order valence-corrected chi connectivity index (χ4v) is 2.58. The number of aryl methyl sites for hydroxylation is 1. The molecule has 0 N–H and O–H groups in total. The van der Waals surface area contributed by atoms with Crippen molar-refractivity contribution in [2.24, 2.45) is 0 Å². The molecule has 0 aliphatic carbocycles. The van der Waals surface area contributed by atoms with Gasteiger partial charge in [-0.25, -0.2) is 0 Å². The number of Topliss-reactive ketones (excluding diaryl/α,β-unsaturated/α-hetero) is 1. The number of benzene rings is 1. The summed E-state index contributed by atoms with van der Waals surface area (Å²) in [5, 5.41) is 0. The molecule has 19 heavy (non-hydrogen) atoms. The van der Waals surface area contributed by atoms with E-state index in [0.29, 0.717) is 16.0 Å². The van der Waals surface area contributed by atoms with Crippen LogP contribution in [-0.4, -0.2) is 17.5 Å². The monoisotopic (exact) mass is 273 g/mol. The predicted octanol–water partition coefficient (Wildman–Crippen LogP) is 3.73. The third-order valence-corrected chi connectivity index (χ3v) is 3.33. The normalized spacial score (nSPS) is 10.3. The zero-order valence-electron chi connectivity index (χ0n) is 11.1. The number of carbonyl (C=O) groups excluding carboxylic acids is 1. The van der Waals surface area contributed by atoms with E-state index in [9.17, 15) is 4.79 Å². The minimum Gasteiger partial charge on any atom is -0.496 e. The van der Waals surface area contributed by atoms with Crippen LogP contribution in [0.15, 0.2) is 36.4 Å². The number of methoxy groups -OCH3 is 1. The molecule has 0 aliphatic heterocycles. The fourth-order valence-electron chi connectivity index (χ4n) is 2.09. The highest BCUT2D eigenvalue weighted by Gasteiger charge is 2.15. The van der Waals surface area contributed by atoms with Gasteiger partial charge in [-0.3, -0.25) is 4.79 Å². The highest BCUT2D eigenvalue weighted by atomic mass is 32.1. The Kier molecular flexibility index (Phi) is 3.81. The molecular weight excluding hydrogens is 258 g/mol. The highest BCUT2D eigenvalue weighted by molar-refractivity contribution is 7.71. The Morgan fingerprint density at radius 3 is 2.42 bits per heavy atom. The van der Waals surface area contributed by atoms with Crippen molar-refractivity contribution >= 4 is 18.0 Å². The molecule has 0 aliphatic rings. The average Bonchev–Trinajstić information content (AvgIpc) is 2.38.